The van der Waals surface area contributed by atoms with E-state index in [0.29, 0.717) is 35.0 Å². The first-order chi connectivity index (χ1) is 12.5. The van der Waals surface area contributed by atoms with Gasteiger partial charge >= 0.3 is 0 Å². The Labute approximate surface area is 153 Å². The van der Waals surface area contributed by atoms with Crippen LogP contribution in [0.3, 0.4) is 0 Å². The van der Waals surface area contributed by atoms with E-state index in [9.17, 15) is 13.2 Å². The van der Waals surface area contributed by atoms with E-state index in [1.54, 1.807) is 37.4 Å². The van der Waals surface area contributed by atoms with Gasteiger partial charge in [-0.2, -0.15) is 0 Å². The topological polar surface area (TPSA) is 75.7 Å². The summed E-state index contributed by atoms with van der Waals surface area (Å²) in [6, 6.07) is 8.45. The van der Waals surface area contributed by atoms with Crippen LogP contribution in [0.25, 0.3) is 10.8 Å². The molecule has 0 saturated carbocycles. The number of rotatable bonds is 5. The zero-order valence-corrected chi connectivity index (χ0v) is 15.5. The summed E-state index contributed by atoms with van der Waals surface area (Å²) >= 11 is 0. The highest BCUT2D eigenvalue weighted by molar-refractivity contribution is 7.89. The number of amides is 1. The highest BCUT2D eigenvalue weighted by atomic mass is 32.2. The van der Waals surface area contributed by atoms with Crippen LogP contribution in [0.15, 0.2) is 35.2 Å². The Balaban J connectivity index is 1.64. The van der Waals surface area contributed by atoms with Gasteiger partial charge in [0, 0.05) is 42.2 Å². The van der Waals surface area contributed by atoms with Crippen molar-refractivity contribution in [3.8, 4) is 0 Å². The molecule has 6 nitrogen and oxygen atoms in total. The van der Waals surface area contributed by atoms with Gasteiger partial charge in [0.05, 0.1) is 11.0 Å². The molecule has 7 heteroatoms. The van der Waals surface area contributed by atoms with Crippen molar-refractivity contribution in [2.24, 2.45) is 0 Å². The van der Waals surface area contributed by atoms with Crippen molar-refractivity contribution >= 4 is 32.4 Å². The fraction of sp³-hybridized carbons (Fsp3) is 0.421. The van der Waals surface area contributed by atoms with Crippen LogP contribution in [0.5, 0.6) is 0 Å². The number of sulfonamides is 1. The number of nitrogens with zero attached hydrogens (tertiary/aromatic N) is 1. The number of ether oxygens (including phenoxy) is 1. The lowest BCUT2D eigenvalue weighted by molar-refractivity contribution is 0.00950. The predicted molar refractivity (Wildman–Crippen MR) is 99.9 cm³/mol. The SMILES string of the molecule is CN(CCC1CCCCO1)S(=O)(=O)c1ccc2c3c(cccc13)C(=O)N2. The largest absolute Gasteiger partial charge is 0.378 e. The highest BCUT2D eigenvalue weighted by Gasteiger charge is 2.29. The van der Waals surface area contributed by atoms with E-state index in [-0.39, 0.29) is 16.9 Å². The third kappa shape index (κ3) is 2.90. The van der Waals surface area contributed by atoms with Crippen molar-refractivity contribution in [3.05, 3.63) is 35.9 Å². The monoisotopic (exact) mass is 374 g/mol. The van der Waals surface area contributed by atoms with Crippen molar-refractivity contribution in [3.63, 3.8) is 0 Å². The van der Waals surface area contributed by atoms with E-state index < -0.39 is 10.0 Å². The van der Waals surface area contributed by atoms with Gasteiger partial charge in [-0.05, 0) is 43.9 Å². The number of anilines is 1. The van der Waals surface area contributed by atoms with Crippen molar-refractivity contribution in [2.45, 2.75) is 36.7 Å². The Morgan fingerprint density at radius 1 is 1.23 bits per heavy atom. The van der Waals surface area contributed by atoms with Crippen LogP contribution in [0, 0.1) is 0 Å². The highest BCUT2D eigenvalue weighted by Crippen LogP contribution is 2.37. The summed E-state index contributed by atoms with van der Waals surface area (Å²) in [5.41, 5.74) is 1.19. The van der Waals surface area contributed by atoms with Crippen LogP contribution in [0.4, 0.5) is 5.69 Å². The van der Waals surface area contributed by atoms with Gasteiger partial charge in [-0.1, -0.05) is 12.1 Å². The summed E-state index contributed by atoms with van der Waals surface area (Å²) in [6.45, 7) is 1.17. The number of carbonyl (C=O) groups excluding carboxylic acids is 1. The molecule has 0 aromatic heterocycles. The first kappa shape index (κ1) is 17.5. The molecule has 2 aliphatic rings. The third-order valence-electron chi connectivity index (χ3n) is 5.22. The molecule has 2 aromatic rings. The van der Waals surface area contributed by atoms with E-state index in [2.05, 4.69) is 5.32 Å². The molecule has 2 heterocycles. The Kier molecular flexibility index (Phi) is 4.46. The van der Waals surface area contributed by atoms with Crippen LogP contribution >= 0.6 is 0 Å². The molecule has 1 fully saturated rings. The first-order valence-corrected chi connectivity index (χ1v) is 10.4. The average molecular weight is 374 g/mol. The zero-order valence-electron chi connectivity index (χ0n) is 14.7. The number of hydrogen-bond acceptors (Lipinski definition) is 4. The molecular weight excluding hydrogens is 352 g/mol. The predicted octanol–water partition coefficient (Wildman–Crippen LogP) is 2.99. The second-order valence-electron chi connectivity index (χ2n) is 6.90. The van der Waals surface area contributed by atoms with Gasteiger partial charge < -0.3 is 10.1 Å². The summed E-state index contributed by atoms with van der Waals surface area (Å²) in [4.78, 5) is 12.3. The van der Waals surface area contributed by atoms with Crippen LogP contribution < -0.4 is 5.32 Å². The van der Waals surface area contributed by atoms with E-state index in [0.717, 1.165) is 25.9 Å². The number of nitrogens with one attached hydrogen (secondary N) is 1. The molecule has 4 rings (SSSR count). The van der Waals surface area contributed by atoms with Gasteiger partial charge in [-0.25, -0.2) is 12.7 Å². The maximum absolute atomic E-state index is 13.1. The van der Waals surface area contributed by atoms with Crippen LogP contribution in [0.2, 0.25) is 0 Å². The van der Waals surface area contributed by atoms with E-state index >= 15 is 0 Å². The second-order valence-corrected chi connectivity index (χ2v) is 8.91. The fourth-order valence-corrected chi connectivity index (χ4v) is 5.11. The van der Waals surface area contributed by atoms with Gasteiger partial charge in [-0.3, -0.25) is 4.79 Å². The molecule has 0 bridgehead atoms. The lowest BCUT2D eigenvalue weighted by Gasteiger charge is -2.25. The number of hydrogen-bond donors (Lipinski definition) is 1. The Hall–Kier alpha value is -1.96. The van der Waals surface area contributed by atoms with Crippen molar-refractivity contribution in [2.75, 3.05) is 25.5 Å². The molecule has 2 aliphatic heterocycles. The molecule has 1 amide bonds. The minimum atomic E-state index is -3.65. The molecule has 26 heavy (non-hydrogen) atoms. The van der Waals surface area contributed by atoms with Gasteiger partial charge in [0.2, 0.25) is 10.0 Å². The summed E-state index contributed by atoms with van der Waals surface area (Å²) in [5, 5.41) is 4.05. The number of benzene rings is 2. The van der Waals surface area contributed by atoms with E-state index in [1.807, 2.05) is 0 Å². The van der Waals surface area contributed by atoms with E-state index in [1.165, 1.54) is 4.31 Å². The number of carbonyl (C=O) groups is 1. The van der Waals surface area contributed by atoms with Gasteiger partial charge in [-0.15, -0.1) is 0 Å². The molecule has 0 spiro atoms. The van der Waals surface area contributed by atoms with Gasteiger partial charge in [0.15, 0.2) is 0 Å². The molecule has 1 unspecified atom stereocenters. The molecule has 1 N–H and O–H groups in total. The first-order valence-electron chi connectivity index (χ1n) is 8.93. The molecule has 0 aliphatic carbocycles. The van der Waals surface area contributed by atoms with Crippen molar-refractivity contribution in [1.82, 2.24) is 4.31 Å². The molecule has 0 radical (unpaired) electrons. The quantitative estimate of drug-likeness (QED) is 0.873. The standard InChI is InChI=1S/C19H22N2O4S/c1-21(11-10-13-5-2-3-12-25-13)26(23,24)17-9-8-16-18-14(17)6-4-7-15(18)19(22)20-16/h4,6-9,13H,2-3,5,10-12H2,1H3,(H,20,22). The minimum Gasteiger partial charge on any atom is -0.378 e. The molecule has 138 valence electrons. The lowest BCUT2D eigenvalue weighted by Crippen LogP contribution is -2.31. The maximum Gasteiger partial charge on any atom is 0.256 e. The van der Waals surface area contributed by atoms with Gasteiger partial charge in [0.25, 0.3) is 5.91 Å². The van der Waals surface area contributed by atoms with Gasteiger partial charge in [0.1, 0.15) is 0 Å². The minimum absolute atomic E-state index is 0.135. The molecule has 2 aromatic carbocycles. The Morgan fingerprint density at radius 2 is 2.08 bits per heavy atom. The normalized spacial score (nSPS) is 19.9. The average Bonchev–Trinajstić information content (AvgIpc) is 2.98. The molecule has 1 saturated heterocycles. The summed E-state index contributed by atoms with van der Waals surface area (Å²) in [7, 11) is -2.05. The molecular formula is C19H22N2O4S. The van der Waals surface area contributed by atoms with Crippen molar-refractivity contribution in [1.29, 1.82) is 0 Å². The maximum atomic E-state index is 13.1. The van der Waals surface area contributed by atoms with Crippen LogP contribution in [-0.2, 0) is 14.8 Å². The Morgan fingerprint density at radius 3 is 2.85 bits per heavy atom. The third-order valence-corrected chi connectivity index (χ3v) is 7.14. The van der Waals surface area contributed by atoms with E-state index in [4.69, 9.17) is 4.74 Å². The smallest absolute Gasteiger partial charge is 0.256 e. The lowest BCUT2D eigenvalue weighted by atomic mass is 10.1. The Bertz CT molecular complexity index is 965. The van der Waals surface area contributed by atoms with Crippen LogP contribution in [-0.4, -0.2) is 44.9 Å². The summed E-state index contributed by atoms with van der Waals surface area (Å²) < 4.78 is 33.3. The fourth-order valence-electron chi connectivity index (χ4n) is 3.74. The summed E-state index contributed by atoms with van der Waals surface area (Å²) in [6.07, 6.45) is 4.03. The van der Waals surface area contributed by atoms with Crippen LogP contribution in [0.1, 0.15) is 36.0 Å². The van der Waals surface area contributed by atoms with Crippen molar-refractivity contribution < 1.29 is 17.9 Å². The molecule has 1 atom stereocenters. The summed E-state index contributed by atoms with van der Waals surface area (Å²) in [5.74, 6) is -0.192. The second kappa shape index (κ2) is 6.64. The zero-order chi connectivity index (χ0) is 18.3.